The van der Waals surface area contributed by atoms with Crippen molar-refractivity contribution in [2.45, 2.75) is 38.2 Å². The van der Waals surface area contributed by atoms with Crippen molar-refractivity contribution in [3.8, 4) is 0 Å². The Morgan fingerprint density at radius 1 is 1.47 bits per heavy atom. The molecule has 0 aromatic rings. The summed E-state index contributed by atoms with van der Waals surface area (Å²) in [5.41, 5.74) is 0. The van der Waals surface area contributed by atoms with Gasteiger partial charge in [-0.15, -0.1) is 12.4 Å². The summed E-state index contributed by atoms with van der Waals surface area (Å²) in [6, 6.07) is -0.330. The minimum absolute atomic E-state index is 0. The van der Waals surface area contributed by atoms with Gasteiger partial charge < -0.3 is 10.2 Å². The van der Waals surface area contributed by atoms with E-state index in [1.807, 2.05) is 6.92 Å². The fourth-order valence-corrected chi connectivity index (χ4v) is 2.52. The second-order valence-corrected chi connectivity index (χ2v) is 5.03. The fourth-order valence-electron chi connectivity index (χ4n) is 2.52. The Bertz CT molecular complexity index is 289. The van der Waals surface area contributed by atoms with Gasteiger partial charge in [0, 0.05) is 32.0 Å². The number of carbonyl (C=O) groups excluding carboxylic acids is 1. The van der Waals surface area contributed by atoms with Gasteiger partial charge in [0.05, 0.1) is 6.54 Å². The summed E-state index contributed by atoms with van der Waals surface area (Å²) in [7, 11) is 0. The standard InChI is InChI=1S/C11H18F2N2O.ClH/c1-8-2-3-15(10(16)4-8)9-5-11(12,13)7-14-6-9;/h8-9,14H,2-7H2,1H3;1H/t8?,9-;/m1./s1. The third kappa shape index (κ3) is 3.52. The van der Waals surface area contributed by atoms with E-state index in [0.29, 0.717) is 25.4 Å². The molecule has 0 aromatic heterocycles. The molecule has 1 unspecified atom stereocenters. The molecule has 0 bridgehead atoms. The van der Waals surface area contributed by atoms with Gasteiger partial charge in [0.1, 0.15) is 0 Å². The van der Waals surface area contributed by atoms with Crippen LogP contribution in [0.4, 0.5) is 8.78 Å². The van der Waals surface area contributed by atoms with Crippen LogP contribution in [0.3, 0.4) is 0 Å². The summed E-state index contributed by atoms with van der Waals surface area (Å²) in [4.78, 5) is 13.4. The Morgan fingerprint density at radius 2 is 2.18 bits per heavy atom. The molecule has 0 spiro atoms. The van der Waals surface area contributed by atoms with Gasteiger partial charge in [-0.2, -0.15) is 0 Å². The van der Waals surface area contributed by atoms with Crippen LogP contribution >= 0.6 is 12.4 Å². The van der Waals surface area contributed by atoms with Crippen molar-refractivity contribution in [2.75, 3.05) is 19.6 Å². The maximum absolute atomic E-state index is 13.2. The topological polar surface area (TPSA) is 32.3 Å². The van der Waals surface area contributed by atoms with Gasteiger partial charge in [0.25, 0.3) is 5.92 Å². The molecule has 2 aliphatic heterocycles. The van der Waals surface area contributed by atoms with Crippen LogP contribution in [0.1, 0.15) is 26.2 Å². The van der Waals surface area contributed by atoms with E-state index in [2.05, 4.69) is 5.32 Å². The van der Waals surface area contributed by atoms with E-state index >= 15 is 0 Å². The lowest BCUT2D eigenvalue weighted by atomic mass is 9.94. The molecule has 2 heterocycles. The first-order chi connectivity index (χ1) is 7.48. The highest BCUT2D eigenvalue weighted by atomic mass is 35.5. The van der Waals surface area contributed by atoms with E-state index in [0.717, 1.165) is 6.42 Å². The van der Waals surface area contributed by atoms with E-state index in [9.17, 15) is 13.6 Å². The Balaban J connectivity index is 0.00000144. The second kappa shape index (κ2) is 5.48. The number of hydrogen-bond donors (Lipinski definition) is 1. The monoisotopic (exact) mass is 268 g/mol. The lowest BCUT2D eigenvalue weighted by molar-refractivity contribution is -0.141. The molecule has 3 nitrogen and oxygen atoms in total. The largest absolute Gasteiger partial charge is 0.338 e. The zero-order chi connectivity index (χ0) is 11.8. The van der Waals surface area contributed by atoms with E-state index in [-0.39, 0.29) is 37.3 Å². The van der Waals surface area contributed by atoms with E-state index in [1.54, 1.807) is 4.90 Å². The Morgan fingerprint density at radius 3 is 2.76 bits per heavy atom. The molecule has 2 atom stereocenters. The van der Waals surface area contributed by atoms with Crippen LogP contribution in [0.2, 0.25) is 0 Å². The molecule has 2 saturated heterocycles. The molecular weight excluding hydrogens is 250 g/mol. The van der Waals surface area contributed by atoms with Gasteiger partial charge in [-0.1, -0.05) is 6.92 Å². The van der Waals surface area contributed by atoms with Gasteiger partial charge >= 0.3 is 0 Å². The molecule has 100 valence electrons. The van der Waals surface area contributed by atoms with Gasteiger partial charge in [-0.3, -0.25) is 4.79 Å². The van der Waals surface area contributed by atoms with Crippen molar-refractivity contribution >= 4 is 18.3 Å². The van der Waals surface area contributed by atoms with Crippen molar-refractivity contribution < 1.29 is 13.6 Å². The first kappa shape index (κ1) is 14.6. The molecule has 2 fully saturated rings. The van der Waals surface area contributed by atoms with Gasteiger partial charge in [-0.05, 0) is 12.3 Å². The fraction of sp³-hybridized carbons (Fsp3) is 0.909. The van der Waals surface area contributed by atoms with Gasteiger partial charge in [0.2, 0.25) is 5.91 Å². The summed E-state index contributed by atoms with van der Waals surface area (Å²) in [5.74, 6) is -2.25. The number of nitrogens with one attached hydrogen (secondary N) is 1. The van der Waals surface area contributed by atoms with Crippen molar-refractivity contribution in [3.05, 3.63) is 0 Å². The van der Waals surface area contributed by atoms with Crippen LogP contribution in [0.15, 0.2) is 0 Å². The number of hydrogen-bond acceptors (Lipinski definition) is 2. The number of halogens is 3. The summed E-state index contributed by atoms with van der Waals surface area (Å²) < 4.78 is 26.4. The Labute approximate surface area is 106 Å². The highest BCUT2D eigenvalue weighted by molar-refractivity contribution is 5.85. The maximum Gasteiger partial charge on any atom is 0.262 e. The minimum Gasteiger partial charge on any atom is -0.338 e. The number of amides is 1. The molecule has 0 aromatic carbocycles. The second-order valence-electron chi connectivity index (χ2n) is 5.03. The van der Waals surface area contributed by atoms with Crippen molar-refractivity contribution in [2.24, 2.45) is 5.92 Å². The summed E-state index contributed by atoms with van der Waals surface area (Å²) in [6.45, 7) is 2.89. The molecule has 17 heavy (non-hydrogen) atoms. The third-order valence-electron chi connectivity index (χ3n) is 3.44. The molecule has 0 saturated carbocycles. The van der Waals surface area contributed by atoms with E-state index < -0.39 is 5.92 Å². The average molecular weight is 269 g/mol. The van der Waals surface area contributed by atoms with Crippen LogP contribution in [0, 0.1) is 5.92 Å². The van der Waals surface area contributed by atoms with Crippen LogP contribution in [-0.4, -0.2) is 42.4 Å². The zero-order valence-electron chi connectivity index (χ0n) is 9.92. The Hall–Kier alpha value is -0.420. The first-order valence-electron chi connectivity index (χ1n) is 5.86. The molecule has 0 radical (unpaired) electrons. The third-order valence-corrected chi connectivity index (χ3v) is 3.44. The number of nitrogens with zero attached hydrogens (tertiary/aromatic N) is 1. The molecule has 0 aliphatic carbocycles. The number of likely N-dealkylation sites (tertiary alicyclic amines) is 1. The van der Waals surface area contributed by atoms with Crippen molar-refractivity contribution in [1.29, 1.82) is 0 Å². The highest BCUT2D eigenvalue weighted by Gasteiger charge is 2.40. The summed E-state index contributed by atoms with van der Waals surface area (Å²) in [5, 5.41) is 2.71. The molecule has 1 amide bonds. The average Bonchev–Trinajstić information content (AvgIpc) is 2.15. The van der Waals surface area contributed by atoms with Crippen molar-refractivity contribution in [1.82, 2.24) is 10.2 Å². The molecule has 1 N–H and O–H groups in total. The van der Waals surface area contributed by atoms with Gasteiger partial charge in [-0.25, -0.2) is 8.78 Å². The minimum atomic E-state index is -2.67. The van der Waals surface area contributed by atoms with Crippen molar-refractivity contribution in [3.63, 3.8) is 0 Å². The highest BCUT2D eigenvalue weighted by Crippen LogP contribution is 2.28. The smallest absolute Gasteiger partial charge is 0.262 e. The van der Waals surface area contributed by atoms with Crippen LogP contribution < -0.4 is 5.32 Å². The predicted molar refractivity (Wildman–Crippen MR) is 63.6 cm³/mol. The summed E-state index contributed by atoms with van der Waals surface area (Å²) >= 11 is 0. The van der Waals surface area contributed by atoms with Crippen LogP contribution in [0.5, 0.6) is 0 Å². The molecule has 2 aliphatic rings. The van der Waals surface area contributed by atoms with E-state index in [1.165, 1.54) is 0 Å². The quantitative estimate of drug-likeness (QED) is 0.785. The van der Waals surface area contributed by atoms with E-state index in [4.69, 9.17) is 0 Å². The molecular formula is C11H19ClF2N2O. The Kier molecular flexibility index (Phi) is 4.72. The number of rotatable bonds is 1. The summed E-state index contributed by atoms with van der Waals surface area (Å²) in [6.07, 6.45) is 1.23. The molecule has 2 rings (SSSR count). The van der Waals surface area contributed by atoms with Crippen LogP contribution in [0.25, 0.3) is 0 Å². The normalized spacial score (nSPS) is 33.1. The number of alkyl halides is 2. The maximum atomic E-state index is 13.2. The number of carbonyl (C=O) groups is 1. The van der Waals surface area contributed by atoms with Gasteiger partial charge in [0.15, 0.2) is 0 Å². The lowest BCUT2D eigenvalue weighted by Gasteiger charge is -2.40. The first-order valence-corrected chi connectivity index (χ1v) is 5.86. The number of piperidine rings is 2. The van der Waals surface area contributed by atoms with Crippen LogP contribution in [-0.2, 0) is 4.79 Å². The predicted octanol–water partition coefficient (Wildman–Crippen LogP) is 1.66. The lowest BCUT2D eigenvalue weighted by Crippen LogP contribution is -2.56. The zero-order valence-corrected chi connectivity index (χ0v) is 10.7. The molecule has 6 heteroatoms. The SMILES string of the molecule is CC1CCN([C@H]2CNCC(F)(F)C2)C(=O)C1.Cl.